The van der Waals surface area contributed by atoms with Crippen molar-refractivity contribution in [2.45, 2.75) is 63.9 Å². The van der Waals surface area contributed by atoms with Crippen molar-refractivity contribution in [2.24, 2.45) is 16.8 Å². The van der Waals surface area contributed by atoms with E-state index in [1.807, 2.05) is 0 Å². The molecule has 188 valence electrons. The zero-order chi connectivity index (χ0) is 25.6. The monoisotopic (exact) mass is 511 g/mol. The van der Waals surface area contributed by atoms with Crippen LogP contribution in [0.2, 0.25) is 0 Å². The van der Waals surface area contributed by atoms with Crippen LogP contribution in [0.5, 0.6) is 0 Å². The number of carboxylic acid groups (broad SMARTS) is 1. The molecule has 0 aliphatic heterocycles. The van der Waals surface area contributed by atoms with Crippen molar-refractivity contribution in [1.29, 1.82) is 0 Å². The van der Waals surface area contributed by atoms with Gasteiger partial charge in [-0.1, -0.05) is 71.7 Å². The number of nitrogens with one attached hydrogen (secondary N) is 1. The Morgan fingerprint density at radius 1 is 1.24 bits per heavy atom. The number of hydrogen-bond acceptors (Lipinski definition) is 8. The van der Waals surface area contributed by atoms with Crippen molar-refractivity contribution in [2.75, 3.05) is 12.3 Å². The van der Waals surface area contributed by atoms with E-state index < -0.39 is 23.9 Å². The van der Waals surface area contributed by atoms with E-state index in [4.69, 9.17) is 21.1 Å². The maximum absolute atomic E-state index is 12.7. The summed E-state index contributed by atoms with van der Waals surface area (Å²) in [5.74, 6) is -1.86. The highest BCUT2D eigenvalue weighted by Crippen LogP contribution is 2.36. The van der Waals surface area contributed by atoms with Gasteiger partial charge in [-0.05, 0) is 30.4 Å². The molecule has 0 bridgehead atoms. The van der Waals surface area contributed by atoms with Crippen LogP contribution >= 0.6 is 21.6 Å². The van der Waals surface area contributed by atoms with Crippen molar-refractivity contribution in [3.8, 4) is 0 Å². The molecule has 1 rings (SSSR count). The fourth-order valence-corrected chi connectivity index (χ4v) is 5.24. The molecule has 4 N–H and O–H groups in total. The molecular formula is C22H33N5O5S2. The van der Waals surface area contributed by atoms with E-state index in [1.165, 1.54) is 10.8 Å². The molecule has 0 saturated heterocycles. The summed E-state index contributed by atoms with van der Waals surface area (Å²) >= 11 is 0. The Kier molecular flexibility index (Phi) is 13.5. The van der Waals surface area contributed by atoms with Crippen molar-refractivity contribution < 1.29 is 24.2 Å². The smallest absolute Gasteiger partial charge is 0.320 e. The van der Waals surface area contributed by atoms with Crippen LogP contribution in [0.25, 0.3) is 10.4 Å². The molecule has 34 heavy (non-hydrogen) atoms. The van der Waals surface area contributed by atoms with Crippen LogP contribution in [0, 0.1) is 5.92 Å². The molecule has 10 nitrogen and oxygen atoms in total. The lowest BCUT2D eigenvalue weighted by atomic mass is 10.1. The minimum Gasteiger partial charge on any atom is -0.480 e. The molecule has 1 amide bonds. The van der Waals surface area contributed by atoms with E-state index >= 15 is 0 Å². The number of ether oxygens (including phenoxy) is 1. The summed E-state index contributed by atoms with van der Waals surface area (Å²) in [6, 6.07) is 5.76. The van der Waals surface area contributed by atoms with Gasteiger partial charge in [0.2, 0.25) is 5.91 Å². The number of amides is 1. The molecule has 0 spiro atoms. The summed E-state index contributed by atoms with van der Waals surface area (Å²) in [5.41, 5.74) is 15.1. The number of azide groups is 1. The summed E-state index contributed by atoms with van der Waals surface area (Å²) in [6.45, 7) is 6.65. The second-order valence-corrected chi connectivity index (χ2v) is 11.8. The zero-order valence-electron chi connectivity index (χ0n) is 19.7. The number of nitrogens with two attached hydrogens (primary N) is 1. The van der Waals surface area contributed by atoms with Gasteiger partial charge in [0, 0.05) is 27.6 Å². The molecule has 0 fully saturated rings. The van der Waals surface area contributed by atoms with Crippen LogP contribution in [0.15, 0.2) is 29.4 Å². The minimum absolute atomic E-state index is 0.0108. The molecule has 0 aliphatic carbocycles. The summed E-state index contributed by atoms with van der Waals surface area (Å²) in [6.07, 6.45) is 1.46. The van der Waals surface area contributed by atoms with Gasteiger partial charge in [0.1, 0.15) is 12.6 Å². The first-order valence-corrected chi connectivity index (χ1v) is 13.2. The Balaban J connectivity index is 2.56. The Morgan fingerprint density at radius 2 is 1.91 bits per heavy atom. The fraction of sp³-hybridized carbons (Fsp3) is 0.591. The molecule has 1 aromatic rings. The molecule has 2 atom stereocenters. The van der Waals surface area contributed by atoms with Gasteiger partial charge in [0.15, 0.2) is 0 Å². The van der Waals surface area contributed by atoms with Gasteiger partial charge < -0.3 is 20.9 Å². The van der Waals surface area contributed by atoms with Gasteiger partial charge in [-0.15, -0.1) is 0 Å². The van der Waals surface area contributed by atoms with Crippen LogP contribution in [0.4, 0.5) is 5.69 Å². The first kappa shape index (κ1) is 29.6. The summed E-state index contributed by atoms with van der Waals surface area (Å²) in [5, 5.41) is 15.1. The SMILES string of the molecule is CC(C)(C)SSC[C@H](CC(=O)OCc1ccc(N=[N+]=[N-])cc1)C(=O)NCCCC[C@H](N)C(=O)O. The number of rotatable bonds is 15. The number of esters is 1. The number of aliphatic carboxylic acids is 1. The van der Waals surface area contributed by atoms with Gasteiger partial charge >= 0.3 is 11.9 Å². The predicted molar refractivity (Wildman–Crippen MR) is 135 cm³/mol. The Bertz CT molecular complexity index is 854. The molecule has 12 heteroatoms. The third kappa shape index (κ3) is 13.3. The summed E-state index contributed by atoms with van der Waals surface area (Å²) in [4.78, 5) is 38.6. The first-order chi connectivity index (χ1) is 16.0. The van der Waals surface area contributed by atoms with Gasteiger partial charge in [-0.25, -0.2) is 0 Å². The average Bonchev–Trinajstić information content (AvgIpc) is 2.76. The largest absolute Gasteiger partial charge is 0.480 e. The highest BCUT2D eigenvalue weighted by molar-refractivity contribution is 8.77. The average molecular weight is 512 g/mol. The van der Waals surface area contributed by atoms with Crippen LogP contribution in [0.3, 0.4) is 0 Å². The Labute approximate surface area is 207 Å². The maximum Gasteiger partial charge on any atom is 0.320 e. The Morgan fingerprint density at radius 3 is 2.50 bits per heavy atom. The minimum atomic E-state index is -1.04. The fourth-order valence-electron chi connectivity index (χ4n) is 2.62. The van der Waals surface area contributed by atoms with Crippen LogP contribution in [-0.4, -0.2) is 46.0 Å². The topological polar surface area (TPSA) is 167 Å². The maximum atomic E-state index is 12.7. The number of carboxylic acids is 1. The molecule has 0 heterocycles. The van der Waals surface area contributed by atoms with Crippen molar-refractivity contribution >= 4 is 45.1 Å². The lowest BCUT2D eigenvalue weighted by molar-refractivity contribution is -0.147. The predicted octanol–water partition coefficient (Wildman–Crippen LogP) is 4.56. The van der Waals surface area contributed by atoms with E-state index in [0.717, 1.165) is 5.56 Å². The number of unbranched alkanes of at least 4 members (excludes halogenated alkanes) is 1. The summed E-state index contributed by atoms with van der Waals surface area (Å²) in [7, 11) is 3.18. The first-order valence-electron chi connectivity index (χ1n) is 10.9. The molecule has 0 aliphatic rings. The van der Waals surface area contributed by atoms with E-state index in [1.54, 1.807) is 35.1 Å². The number of carbonyl (C=O) groups excluding carboxylic acids is 2. The van der Waals surface area contributed by atoms with Crippen LogP contribution < -0.4 is 11.1 Å². The van der Waals surface area contributed by atoms with E-state index in [2.05, 4.69) is 36.1 Å². The molecule has 0 aromatic heterocycles. The van der Waals surface area contributed by atoms with Gasteiger partial charge in [-0.2, -0.15) is 0 Å². The molecule has 1 aromatic carbocycles. The summed E-state index contributed by atoms with van der Waals surface area (Å²) < 4.78 is 5.35. The number of benzene rings is 1. The molecular weight excluding hydrogens is 478 g/mol. The van der Waals surface area contributed by atoms with Crippen LogP contribution in [-0.2, 0) is 25.7 Å². The highest BCUT2D eigenvalue weighted by Gasteiger charge is 2.24. The normalized spacial score (nSPS) is 12.8. The van der Waals surface area contributed by atoms with Crippen molar-refractivity contribution in [3.05, 3.63) is 40.3 Å². The third-order valence-corrected chi connectivity index (χ3v) is 7.83. The van der Waals surface area contributed by atoms with E-state index in [0.29, 0.717) is 37.2 Å². The standard InChI is InChI=1S/C22H33N5O5S2/c1-22(2,3)34-33-14-16(20(29)25-11-5-4-6-18(23)21(30)31)12-19(28)32-13-15-7-9-17(10-8-15)26-27-24/h7-10,16,18H,4-6,11-14,23H2,1-3H3,(H,25,29)(H,30,31)/t16-,18-/m0/s1. The van der Waals surface area contributed by atoms with Crippen LogP contribution in [0.1, 0.15) is 52.0 Å². The lowest BCUT2D eigenvalue weighted by Gasteiger charge is -2.20. The van der Waals surface area contributed by atoms with E-state index in [9.17, 15) is 14.4 Å². The van der Waals surface area contributed by atoms with Crippen molar-refractivity contribution in [3.63, 3.8) is 0 Å². The molecule has 0 radical (unpaired) electrons. The number of carbonyl (C=O) groups is 3. The van der Waals surface area contributed by atoms with Gasteiger partial charge in [-0.3, -0.25) is 14.4 Å². The van der Waals surface area contributed by atoms with Gasteiger partial charge in [0.05, 0.1) is 12.3 Å². The van der Waals surface area contributed by atoms with E-state index in [-0.39, 0.29) is 23.7 Å². The molecule has 0 unspecified atom stereocenters. The third-order valence-electron chi connectivity index (χ3n) is 4.42. The Hall–Kier alpha value is -2.40. The number of hydrogen-bond donors (Lipinski definition) is 3. The second-order valence-electron chi connectivity index (χ2n) is 8.63. The lowest BCUT2D eigenvalue weighted by Crippen LogP contribution is -2.35. The van der Waals surface area contributed by atoms with Crippen molar-refractivity contribution in [1.82, 2.24) is 5.32 Å². The highest BCUT2D eigenvalue weighted by atomic mass is 33.1. The quantitative estimate of drug-likeness (QED) is 0.0769. The number of nitrogens with zero attached hydrogens (tertiary/aromatic N) is 3. The molecule has 0 saturated carbocycles. The second kappa shape index (κ2) is 15.5. The zero-order valence-corrected chi connectivity index (χ0v) is 21.4. The van der Waals surface area contributed by atoms with Gasteiger partial charge in [0.25, 0.3) is 0 Å².